The Bertz CT molecular complexity index is 560. The van der Waals surface area contributed by atoms with Crippen LogP contribution in [0.15, 0.2) is 23.4 Å². The number of hydrogen-bond donors (Lipinski definition) is 1. The van der Waals surface area contributed by atoms with Gasteiger partial charge >= 0.3 is 0 Å². The zero-order valence-corrected chi connectivity index (χ0v) is 12.5. The van der Waals surface area contributed by atoms with Crippen molar-refractivity contribution in [1.82, 2.24) is 15.2 Å². The summed E-state index contributed by atoms with van der Waals surface area (Å²) < 4.78 is 15.5. The highest BCUT2D eigenvalue weighted by Gasteiger charge is 2.12. The summed E-state index contributed by atoms with van der Waals surface area (Å²) in [7, 11) is 4.91. The van der Waals surface area contributed by atoms with Crippen molar-refractivity contribution in [3.63, 3.8) is 0 Å². The number of hydrogen-bond acceptors (Lipinski definition) is 6. The third-order valence-electron chi connectivity index (χ3n) is 2.65. The van der Waals surface area contributed by atoms with E-state index in [9.17, 15) is 0 Å². The summed E-state index contributed by atoms with van der Waals surface area (Å²) in [6, 6.07) is 5.56. The van der Waals surface area contributed by atoms with E-state index in [1.54, 1.807) is 21.3 Å². The minimum atomic E-state index is 0.667. The first-order valence-electron chi connectivity index (χ1n) is 6.05. The number of methoxy groups -OCH3 is 3. The molecule has 7 heteroatoms. The lowest BCUT2D eigenvalue weighted by Crippen LogP contribution is -1.92. The van der Waals surface area contributed by atoms with Crippen LogP contribution in [0.1, 0.15) is 0 Å². The van der Waals surface area contributed by atoms with Gasteiger partial charge in [-0.05, 0) is 12.1 Å². The third kappa shape index (κ3) is 3.43. The highest BCUT2D eigenvalue weighted by atomic mass is 32.2. The van der Waals surface area contributed by atoms with E-state index in [2.05, 4.69) is 15.2 Å². The summed E-state index contributed by atoms with van der Waals surface area (Å²) in [5, 5.41) is 7.77. The van der Waals surface area contributed by atoms with Gasteiger partial charge < -0.3 is 14.2 Å². The average molecular weight is 295 g/mol. The maximum atomic E-state index is 5.36. The Labute approximate surface area is 121 Å². The van der Waals surface area contributed by atoms with Gasteiger partial charge in [-0.15, -0.1) is 5.10 Å². The molecule has 1 heterocycles. The molecule has 0 aliphatic heterocycles. The van der Waals surface area contributed by atoms with Crippen LogP contribution in [-0.2, 0) is 4.74 Å². The molecule has 1 N–H and O–H groups in total. The fourth-order valence-corrected chi connectivity index (χ4v) is 2.34. The van der Waals surface area contributed by atoms with Gasteiger partial charge in [-0.3, -0.25) is 5.10 Å². The third-order valence-corrected chi connectivity index (χ3v) is 3.46. The van der Waals surface area contributed by atoms with Crippen molar-refractivity contribution in [3.05, 3.63) is 18.2 Å². The van der Waals surface area contributed by atoms with Crippen molar-refractivity contribution in [2.24, 2.45) is 0 Å². The van der Waals surface area contributed by atoms with Gasteiger partial charge in [0.1, 0.15) is 11.5 Å². The van der Waals surface area contributed by atoms with Crippen LogP contribution < -0.4 is 9.47 Å². The molecule has 0 bridgehead atoms. The summed E-state index contributed by atoms with van der Waals surface area (Å²) in [4.78, 5) is 4.44. The number of thioether (sulfide) groups is 1. The van der Waals surface area contributed by atoms with Crippen molar-refractivity contribution >= 4 is 11.8 Å². The van der Waals surface area contributed by atoms with E-state index in [1.165, 1.54) is 11.8 Å². The number of H-pyrrole nitrogens is 1. The Hall–Kier alpha value is -1.73. The molecule has 0 spiro atoms. The summed E-state index contributed by atoms with van der Waals surface area (Å²) in [5.74, 6) is 2.91. The van der Waals surface area contributed by atoms with Gasteiger partial charge in [0, 0.05) is 18.9 Å². The quantitative estimate of drug-likeness (QED) is 0.624. The Morgan fingerprint density at radius 2 is 2.05 bits per heavy atom. The largest absolute Gasteiger partial charge is 0.497 e. The molecule has 0 saturated heterocycles. The maximum Gasteiger partial charge on any atom is 0.208 e. The van der Waals surface area contributed by atoms with Crippen LogP contribution >= 0.6 is 11.8 Å². The predicted octanol–water partition coefficient (Wildman–Crippen LogP) is 2.23. The van der Waals surface area contributed by atoms with Crippen molar-refractivity contribution in [3.8, 4) is 22.9 Å². The van der Waals surface area contributed by atoms with E-state index >= 15 is 0 Å². The second kappa shape index (κ2) is 7.16. The molecular weight excluding hydrogens is 278 g/mol. The van der Waals surface area contributed by atoms with Gasteiger partial charge in [-0.2, -0.15) is 0 Å². The number of rotatable bonds is 7. The zero-order chi connectivity index (χ0) is 14.4. The highest BCUT2D eigenvalue weighted by molar-refractivity contribution is 7.99. The number of aromatic amines is 1. The molecule has 0 aliphatic rings. The minimum Gasteiger partial charge on any atom is -0.497 e. The van der Waals surface area contributed by atoms with Crippen LogP contribution in [0.25, 0.3) is 11.4 Å². The Kier molecular flexibility index (Phi) is 5.25. The Morgan fingerprint density at radius 1 is 1.20 bits per heavy atom. The molecule has 0 amide bonds. The van der Waals surface area contributed by atoms with Gasteiger partial charge in [-0.1, -0.05) is 11.8 Å². The molecule has 0 fully saturated rings. The highest BCUT2D eigenvalue weighted by Crippen LogP contribution is 2.31. The molecule has 0 unspecified atom stereocenters. The molecule has 0 aliphatic carbocycles. The van der Waals surface area contributed by atoms with E-state index in [4.69, 9.17) is 14.2 Å². The molecule has 2 aromatic rings. The molecule has 1 aromatic heterocycles. The van der Waals surface area contributed by atoms with E-state index in [0.717, 1.165) is 17.1 Å². The molecular formula is C13H17N3O3S. The van der Waals surface area contributed by atoms with Gasteiger partial charge in [-0.25, -0.2) is 4.98 Å². The second-order valence-electron chi connectivity index (χ2n) is 3.87. The van der Waals surface area contributed by atoms with E-state index in [0.29, 0.717) is 23.3 Å². The summed E-state index contributed by atoms with van der Waals surface area (Å²) in [6.07, 6.45) is 0. The van der Waals surface area contributed by atoms with E-state index in [-0.39, 0.29) is 0 Å². The zero-order valence-electron chi connectivity index (χ0n) is 11.7. The molecule has 108 valence electrons. The normalized spacial score (nSPS) is 10.6. The van der Waals surface area contributed by atoms with Gasteiger partial charge in [0.05, 0.1) is 26.4 Å². The monoisotopic (exact) mass is 295 g/mol. The molecule has 0 atom stereocenters. The summed E-state index contributed by atoms with van der Waals surface area (Å²) in [6.45, 7) is 0.667. The van der Waals surface area contributed by atoms with Crippen molar-refractivity contribution < 1.29 is 14.2 Å². The van der Waals surface area contributed by atoms with Crippen LogP contribution in [0.3, 0.4) is 0 Å². The van der Waals surface area contributed by atoms with Crippen LogP contribution in [0, 0.1) is 0 Å². The lowest BCUT2D eigenvalue weighted by molar-refractivity contribution is 0.218. The van der Waals surface area contributed by atoms with Crippen LogP contribution in [0.2, 0.25) is 0 Å². The van der Waals surface area contributed by atoms with Gasteiger partial charge in [0.15, 0.2) is 5.82 Å². The molecule has 20 heavy (non-hydrogen) atoms. The fraction of sp³-hybridized carbons (Fsp3) is 0.385. The number of ether oxygens (including phenoxy) is 3. The lowest BCUT2D eigenvalue weighted by atomic mass is 10.2. The predicted molar refractivity (Wildman–Crippen MR) is 77.5 cm³/mol. The van der Waals surface area contributed by atoms with E-state index < -0.39 is 0 Å². The molecule has 6 nitrogen and oxygen atoms in total. The van der Waals surface area contributed by atoms with Crippen molar-refractivity contribution in [1.29, 1.82) is 0 Å². The second-order valence-corrected chi connectivity index (χ2v) is 4.94. The van der Waals surface area contributed by atoms with Crippen LogP contribution in [0.5, 0.6) is 11.5 Å². The topological polar surface area (TPSA) is 69.3 Å². The Morgan fingerprint density at radius 3 is 2.75 bits per heavy atom. The average Bonchev–Trinajstić information content (AvgIpc) is 2.95. The minimum absolute atomic E-state index is 0.667. The smallest absolute Gasteiger partial charge is 0.208 e. The lowest BCUT2D eigenvalue weighted by Gasteiger charge is -2.07. The van der Waals surface area contributed by atoms with Gasteiger partial charge in [0.25, 0.3) is 0 Å². The Balaban J connectivity index is 2.18. The van der Waals surface area contributed by atoms with Crippen molar-refractivity contribution in [2.75, 3.05) is 33.7 Å². The molecule has 0 saturated carbocycles. The molecule has 1 aromatic carbocycles. The first kappa shape index (κ1) is 14.7. The molecule has 0 radical (unpaired) electrons. The maximum absolute atomic E-state index is 5.36. The van der Waals surface area contributed by atoms with Crippen LogP contribution in [-0.4, -0.2) is 48.9 Å². The first-order chi connectivity index (χ1) is 9.78. The summed E-state index contributed by atoms with van der Waals surface area (Å²) in [5.41, 5.74) is 0.847. The number of nitrogens with one attached hydrogen (secondary N) is 1. The van der Waals surface area contributed by atoms with Crippen molar-refractivity contribution in [2.45, 2.75) is 5.16 Å². The summed E-state index contributed by atoms with van der Waals surface area (Å²) >= 11 is 1.54. The molecule has 2 rings (SSSR count). The van der Waals surface area contributed by atoms with Gasteiger partial charge in [0.2, 0.25) is 5.16 Å². The first-order valence-corrected chi connectivity index (χ1v) is 7.03. The SMILES string of the molecule is COCCSc1n[nH]c(-c2ccc(OC)cc2OC)n1. The fourth-order valence-electron chi connectivity index (χ4n) is 1.64. The number of nitrogens with zero attached hydrogens (tertiary/aromatic N) is 2. The number of benzene rings is 1. The standard InChI is InChI=1S/C13H17N3O3S/c1-17-6-7-20-13-14-12(15-16-13)10-5-4-9(18-2)8-11(10)19-3/h4-5,8H,6-7H2,1-3H3,(H,14,15,16). The van der Waals surface area contributed by atoms with E-state index in [1.807, 2.05) is 18.2 Å². The number of aromatic nitrogens is 3. The van der Waals surface area contributed by atoms with Crippen LogP contribution in [0.4, 0.5) is 0 Å².